The Morgan fingerprint density at radius 2 is 1.79 bits per heavy atom. The molecule has 0 spiro atoms. The van der Waals surface area contributed by atoms with Crippen molar-refractivity contribution in [3.05, 3.63) is 35.5 Å². The molecular weight excluding hydrogens is 452 g/mol. The summed E-state index contributed by atoms with van der Waals surface area (Å²) in [6.45, 7) is 3.61. The van der Waals surface area contributed by atoms with E-state index in [1.54, 1.807) is 44.3 Å². The van der Waals surface area contributed by atoms with Crippen molar-refractivity contribution in [3.63, 3.8) is 0 Å². The van der Waals surface area contributed by atoms with E-state index in [9.17, 15) is 23.2 Å². The first-order valence-electron chi connectivity index (χ1n) is 10.7. The SMILES string of the molecule is COC(=O)C(NC(=O)c1ncc(-c2ccc(NC(=O)C3CCC(F)(F)CC3)cc2)s1)C(C)C. The molecule has 2 amide bonds. The highest BCUT2D eigenvalue weighted by molar-refractivity contribution is 7.17. The number of thiazole rings is 1. The molecule has 33 heavy (non-hydrogen) atoms. The van der Waals surface area contributed by atoms with E-state index < -0.39 is 29.8 Å². The van der Waals surface area contributed by atoms with Gasteiger partial charge in [-0.15, -0.1) is 11.3 Å². The first-order chi connectivity index (χ1) is 15.6. The monoisotopic (exact) mass is 479 g/mol. The van der Waals surface area contributed by atoms with Crippen LogP contribution in [0.1, 0.15) is 49.3 Å². The van der Waals surface area contributed by atoms with Crippen LogP contribution in [0.4, 0.5) is 14.5 Å². The maximum absolute atomic E-state index is 13.3. The first-order valence-corrected chi connectivity index (χ1v) is 11.5. The lowest BCUT2D eigenvalue weighted by Gasteiger charge is -2.27. The van der Waals surface area contributed by atoms with Crippen LogP contribution in [0.3, 0.4) is 0 Å². The number of hydrogen-bond donors (Lipinski definition) is 2. The lowest BCUT2D eigenvalue weighted by atomic mass is 9.86. The number of halogens is 2. The van der Waals surface area contributed by atoms with Gasteiger partial charge in [-0.1, -0.05) is 26.0 Å². The number of amides is 2. The van der Waals surface area contributed by atoms with Gasteiger partial charge in [0.05, 0.1) is 12.0 Å². The molecule has 2 aromatic rings. The largest absolute Gasteiger partial charge is 0.467 e. The number of rotatable bonds is 7. The molecule has 1 aliphatic carbocycles. The van der Waals surface area contributed by atoms with Crippen molar-refractivity contribution < 1.29 is 27.9 Å². The fourth-order valence-corrected chi connectivity index (χ4v) is 4.43. The second-order valence-corrected chi connectivity index (χ2v) is 9.48. The van der Waals surface area contributed by atoms with Gasteiger partial charge in [0.25, 0.3) is 5.91 Å². The quantitative estimate of drug-likeness (QED) is 0.570. The van der Waals surface area contributed by atoms with Crippen molar-refractivity contribution in [1.29, 1.82) is 0 Å². The molecule has 1 saturated carbocycles. The Hall–Kier alpha value is -2.88. The molecule has 178 valence electrons. The van der Waals surface area contributed by atoms with Crippen LogP contribution in [0, 0.1) is 11.8 Å². The van der Waals surface area contributed by atoms with Crippen molar-refractivity contribution in [2.24, 2.45) is 11.8 Å². The van der Waals surface area contributed by atoms with Gasteiger partial charge in [0.2, 0.25) is 11.8 Å². The summed E-state index contributed by atoms with van der Waals surface area (Å²) >= 11 is 1.18. The van der Waals surface area contributed by atoms with Crippen LogP contribution in [0.5, 0.6) is 0 Å². The Bertz CT molecular complexity index is 997. The molecule has 7 nitrogen and oxygen atoms in total. The van der Waals surface area contributed by atoms with E-state index in [2.05, 4.69) is 15.6 Å². The van der Waals surface area contributed by atoms with Crippen LogP contribution in [-0.4, -0.2) is 41.8 Å². The van der Waals surface area contributed by atoms with Crippen LogP contribution in [0.25, 0.3) is 10.4 Å². The predicted octanol–water partition coefficient (Wildman–Crippen LogP) is 4.50. The molecule has 3 rings (SSSR count). The summed E-state index contributed by atoms with van der Waals surface area (Å²) in [5, 5.41) is 5.65. The fourth-order valence-electron chi connectivity index (χ4n) is 3.60. The number of nitrogens with zero attached hydrogens (tertiary/aromatic N) is 1. The molecule has 1 fully saturated rings. The molecule has 1 aliphatic rings. The van der Waals surface area contributed by atoms with Crippen molar-refractivity contribution >= 4 is 34.8 Å². The molecule has 0 bridgehead atoms. The number of nitrogens with one attached hydrogen (secondary N) is 2. The van der Waals surface area contributed by atoms with Gasteiger partial charge >= 0.3 is 5.97 Å². The van der Waals surface area contributed by atoms with Crippen LogP contribution in [-0.2, 0) is 14.3 Å². The number of esters is 1. The zero-order valence-corrected chi connectivity index (χ0v) is 19.5. The summed E-state index contributed by atoms with van der Waals surface area (Å²) in [7, 11) is 1.27. The Morgan fingerprint density at radius 1 is 1.15 bits per heavy atom. The third-order valence-corrected chi connectivity index (χ3v) is 6.68. The normalized spacial score (nSPS) is 16.8. The second-order valence-electron chi connectivity index (χ2n) is 8.44. The smallest absolute Gasteiger partial charge is 0.328 e. The Kier molecular flexibility index (Phi) is 7.78. The molecular formula is C23H27F2N3O4S. The minimum atomic E-state index is -2.67. The lowest BCUT2D eigenvalue weighted by molar-refractivity contribution is -0.144. The van der Waals surface area contributed by atoms with Gasteiger partial charge in [0.1, 0.15) is 6.04 Å². The Morgan fingerprint density at radius 3 is 2.36 bits per heavy atom. The molecule has 0 saturated heterocycles. The third kappa shape index (κ3) is 6.34. The lowest BCUT2D eigenvalue weighted by Crippen LogP contribution is -2.44. The molecule has 0 radical (unpaired) electrons. The highest BCUT2D eigenvalue weighted by atomic mass is 32.1. The zero-order chi connectivity index (χ0) is 24.2. The highest BCUT2D eigenvalue weighted by Crippen LogP contribution is 2.36. The van der Waals surface area contributed by atoms with Gasteiger partial charge in [0.15, 0.2) is 5.01 Å². The van der Waals surface area contributed by atoms with Gasteiger partial charge in [-0.3, -0.25) is 9.59 Å². The molecule has 10 heteroatoms. The summed E-state index contributed by atoms with van der Waals surface area (Å²) in [6, 6.07) is 6.23. The van der Waals surface area contributed by atoms with Crippen molar-refractivity contribution in [3.8, 4) is 10.4 Å². The van der Waals surface area contributed by atoms with Gasteiger partial charge in [-0.25, -0.2) is 18.6 Å². The molecule has 0 aliphatic heterocycles. The van der Waals surface area contributed by atoms with E-state index in [1.165, 1.54) is 18.4 Å². The van der Waals surface area contributed by atoms with Crippen molar-refractivity contribution in [1.82, 2.24) is 10.3 Å². The van der Waals surface area contributed by atoms with Crippen molar-refractivity contribution in [2.45, 2.75) is 51.5 Å². The number of alkyl halides is 2. The highest BCUT2D eigenvalue weighted by Gasteiger charge is 2.37. The van der Waals surface area contributed by atoms with E-state index in [-0.39, 0.29) is 42.5 Å². The van der Waals surface area contributed by atoms with Gasteiger partial charge in [-0.2, -0.15) is 0 Å². The predicted molar refractivity (Wildman–Crippen MR) is 121 cm³/mol. The fraction of sp³-hybridized carbons (Fsp3) is 0.478. The minimum Gasteiger partial charge on any atom is -0.467 e. The van der Waals surface area contributed by atoms with Gasteiger partial charge in [0, 0.05) is 30.6 Å². The summed E-state index contributed by atoms with van der Waals surface area (Å²) < 4.78 is 31.3. The molecule has 1 aromatic carbocycles. The molecule has 1 unspecified atom stereocenters. The number of carbonyl (C=O) groups excluding carboxylic acids is 3. The summed E-state index contributed by atoms with van der Waals surface area (Å²) in [6.07, 6.45) is 1.40. The standard InChI is InChI=1S/C23H27F2N3O4S/c1-13(2)18(22(31)32-3)28-20(30)21-26-12-17(33-21)14-4-6-16(7-5-14)27-19(29)15-8-10-23(24,25)11-9-15/h4-7,12-13,15,18H,8-11H2,1-3H3,(H,27,29)(H,28,30). The zero-order valence-electron chi connectivity index (χ0n) is 18.7. The number of carbonyl (C=O) groups is 3. The van der Waals surface area contributed by atoms with Gasteiger partial charge < -0.3 is 15.4 Å². The van der Waals surface area contributed by atoms with Crippen LogP contribution in [0.2, 0.25) is 0 Å². The maximum atomic E-state index is 13.3. The average molecular weight is 480 g/mol. The Labute approximate surface area is 194 Å². The topological polar surface area (TPSA) is 97.4 Å². The molecule has 1 heterocycles. The number of methoxy groups -OCH3 is 1. The Balaban J connectivity index is 1.61. The van der Waals surface area contributed by atoms with E-state index in [0.29, 0.717) is 5.69 Å². The van der Waals surface area contributed by atoms with Crippen LogP contribution in [0.15, 0.2) is 30.5 Å². The average Bonchev–Trinajstić information content (AvgIpc) is 3.27. The first kappa shape index (κ1) is 24.8. The number of anilines is 1. The van der Waals surface area contributed by atoms with Gasteiger partial charge in [-0.05, 0) is 36.5 Å². The number of aromatic nitrogens is 1. The van der Waals surface area contributed by atoms with E-state index in [0.717, 1.165) is 10.4 Å². The van der Waals surface area contributed by atoms with Crippen molar-refractivity contribution in [2.75, 3.05) is 12.4 Å². The van der Waals surface area contributed by atoms with E-state index in [4.69, 9.17) is 4.74 Å². The second kappa shape index (κ2) is 10.4. The number of ether oxygens (including phenoxy) is 1. The van der Waals surface area contributed by atoms with E-state index >= 15 is 0 Å². The summed E-state index contributed by atoms with van der Waals surface area (Å²) in [5.74, 6) is -4.45. The summed E-state index contributed by atoms with van der Waals surface area (Å²) in [5.41, 5.74) is 1.37. The van der Waals surface area contributed by atoms with E-state index in [1.807, 2.05) is 0 Å². The van der Waals surface area contributed by atoms with Crippen LogP contribution < -0.4 is 10.6 Å². The van der Waals surface area contributed by atoms with Crippen LogP contribution >= 0.6 is 11.3 Å². The molecule has 1 atom stereocenters. The maximum Gasteiger partial charge on any atom is 0.328 e. The molecule has 1 aromatic heterocycles. The number of benzene rings is 1. The summed E-state index contributed by atoms with van der Waals surface area (Å²) in [4.78, 5) is 41.7. The third-order valence-electron chi connectivity index (χ3n) is 5.63. The molecule has 2 N–H and O–H groups in total. The minimum absolute atomic E-state index is 0.145. The number of hydrogen-bond acceptors (Lipinski definition) is 6.